The fraction of sp³-hybridized carbons (Fsp3) is 0.875. The largest absolute Gasteiger partial charge is 0.371 e. The Hall–Kier alpha value is -0.710. The molecule has 1 rings (SSSR count). The highest BCUT2D eigenvalue weighted by molar-refractivity contribution is 5.79. The van der Waals surface area contributed by atoms with Gasteiger partial charge < -0.3 is 9.64 Å². The van der Waals surface area contributed by atoms with Crippen molar-refractivity contribution in [3.63, 3.8) is 0 Å². The number of carbonyl (C=O) groups excluding carboxylic acids is 1. The summed E-state index contributed by atoms with van der Waals surface area (Å²) in [6, 6.07) is 0. The number of halogens is 2. The monoisotopic (exact) mass is 193 g/mol. The molecule has 3 nitrogen and oxygen atoms in total. The third-order valence-corrected chi connectivity index (χ3v) is 2.14. The van der Waals surface area contributed by atoms with Crippen molar-refractivity contribution < 1.29 is 18.3 Å². The Labute approximate surface area is 75.7 Å². The first-order chi connectivity index (χ1) is 6.04. The number of amides is 1. The predicted molar refractivity (Wildman–Crippen MR) is 42.5 cm³/mol. The summed E-state index contributed by atoms with van der Waals surface area (Å²) in [4.78, 5) is 12.7. The van der Waals surface area contributed by atoms with Gasteiger partial charge >= 0.3 is 0 Å². The maximum absolute atomic E-state index is 12.3. The van der Waals surface area contributed by atoms with Crippen molar-refractivity contribution in [3.05, 3.63) is 0 Å². The molecule has 0 saturated carbocycles. The van der Waals surface area contributed by atoms with Gasteiger partial charge in [0.25, 0.3) is 6.43 Å². The van der Waals surface area contributed by atoms with E-state index in [4.69, 9.17) is 4.74 Å². The molecule has 1 aliphatic heterocycles. The number of hydrogen-bond donors (Lipinski definition) is 0. The highest BCUT2D eigenvalue weighted by Crippen LogP contribution is 2.27. The Bertz CT molecular complexity index is 197. The van der Waals surface area contributed by atoms with Crippen molar-refractivity contribution >= 4 is 5.91 Å². The van der Waals surface area contributed by atoms with Gasteiger partial charge in [0.1, 0.15) is 6.10 Å². The molecule has 13 heavy (non-hydrogen) atoms. The molecule has 0 bridgehead atoms. The summed E-state index contributed by atoms with van der Waals surface area (Å²) in [5, 5.41) is 0. The van der Waals surface area contributed by atoms with Crippen LogP contribution >= 0.6 is 0 Å². The van der Waals surface area contributed by atoms with E-state index in [1.54, 1.807) is 14.1 Å². The van der Waals surface area contributed by atoms with Crippen LogP contribution in [0.25, 0.3) is 0 Å². The molecular weight excluding hydrogens is 180 g/mol. The highest BCUT2D eigenvalue weighted by atomic mass is 19.3. The minimum absolute atomic E-state index is 0.249. The second-order valence-electron chi connectivity index (χ2n) is 3.30. The van der Waals surface area contributed by atoms with E-state index in [-0.39, 0.29) is 12.5 Å². The molecular formula is C8H13F2NO2. The first-order valence-electron chi connectivity index (χ1n) is 4.15. The van der Waals surface area contributed by atoms with Crippen molar-refractivity contribution in [3.8, 4) is 0 Å². The van der Waals surface area contributed by atoms with Gasteiger partial charge in [-0.3, -0.25) is 4.79 Å². The van der Waals surface area contributed by atoms with Crippen LogP contribution in [0.15, 0.2) is 0 Å². The second kappa shape index (κ2) is 4.00. The van der Waals surface area contributed by atoms with Gasteiger partial charge in [-0.05, 0) is 6.42 Å². The Morgan fingerprint density at radius 2 is 2.15 bits per heavy atom. The van der Waals surface area contributed by atoms with E-state index in [2.05, 4.69) is 0 Å². The zero-order valence-corrected chi connectivity index (χ0v) is 7.67. The van der Waals surface area contributed by atoms with Crippen molar-refractivity contribution in [1.82, 2.24) is 4.90 Å². The maximum atomic E-state index is 12.3. The van der Waals surface area contributed by atoms with Crippen molar-refractivity contribution in [2.45, 2.75) is 19.0 Å². The van der Waals surface area contributed by atoms with E-state index in [1.165, 1.54) is 4.90 Å². The Morgan fingerprint density at radius 1 is 1.54 bits per heavy atom. The molecule has 0 aliphatic carbocycles. The van der Waals surface area contributed by atoms with Crippen LogP contribution in [0.2, 0.25) is 0 Å². The molecule has 1 saturated heterocycles. The normalized spacial score (nSPS) is 28.1. The number of rotatable bonds is 2. The Kier molecular flexibility index (Phi) is 3.19. The molecule has 1 heterocycles. The summed E-state index contributed by atoms with van der Waals surface area (Å²) in [5.74, 6) is -0.946. The standard InChI is InChI=1S/C8H13F2NO2/c1-11(2)8(12)5-3-4-13-6(5)7(9)10/h5-7H,3-4H2,1-2H3/t5-,6+/m1/s1. The molecule has 1 amide bonds. The molecule has 0 aromatic rings. The minimum Gasteiger partial charge on any atom is -0.371 e. The minimum atomic E-state index is -2.57. The molecule has 0 N–H and O–H groups in total. The summed E-state index contributed by atoms with van der Waals surface area (Å²) in [6.07, 6.45) is -3.39. The number of alkyl halides is 2. The zero-order chi connectivity index (χ0) is 10.0. The van der Waals surface area contributed by atoms with Gasteiger partial charge in [-0.2, -0.15) is 0 Å². The summed E-state index contributed by atoms with van der Waals surface area (Å²) in [6.45, 7) is 0.249. The third-order valence-electron chi connectivity index (χ3n) is 2.14. The van der Waals surface area contributed by atoms with Crippen molar-refractivity contribution in [1.29, 1.82) is 0 Å². The van der Waals surface area contributed by atoms with Gasteiger partial charge in [0, 0.05) is 20.7 Å². The van der Waals surface area contributed by atoms with E-state index in [0.29, 0.717) is 6.42 Å². The number of carbonyl (C=O) groups is 1. The summed E-state index contributed by atoms with van der Waals surface area (Å²) in [7, 11) is 3.12. The van der Waals surface area contributed by atoms with Crippen LogP contribution in [0.5, 0.6) is 0 Å². The van der Waals surface area contributed by atoms with Gasteiger partial charge in [0.05, 0.1) is 5.92 Å². The first kappa shape index (κ1) is 10.4. The Balaban J connectivity index is 2.63. The average Bonchev–Trinajstić information content (AvgIpc) is 2.50. The quantitative estimate of drug-likeness (QED) is 0.647. The van der Waals surface area contributed by atoms with E-state index < -0.39 is 18.4 Å². The van der Waals surface area contributed by atoms with Gasteiger partial charge in [0.15, 0.2) is 0 Å². The zero-order valence-electron chi connectivity index (χ0n) is 7.67. The number of nitrogens with zero attached hydrogens (tertiary/aromatic N) is 1. The van der Waals surface area contributed by atoms with Gasteiger partial charge in [-0.15, -0.1) is 0 Å². The molecule has 1 aliphatic rings. The summed E-state index contributed by atoms with van der Waals surface area (Å²) < 4.78 is 29.4. The predicted octanol–water partition coefficient (Wildman–Crippen LogP) is 0.745. The smallest absolute Gasteiger partial charge is 0.265 e. The van der Waals surface area contributed by atoms with Crippen LogP contribution in [0.3, 0.4) is 0 Å². The van der Waals surface area contributed by atoms with Crippen LogP contribution in [-0.2, 0) is 9.53 Å². The van der Waals surface area contributed by atoms with Gasteiger partial charge in [-0.25, -0.2) is 8.78 Å². The second-order valence-corrected chi connectivity index (χ2v) is 3.30. The van der Waals surface area contributed by atoms with E-state index >= 15 is 0 Å². The first-order valence-corrected chi connectivity index (χ1v) is 4.15. The molecule has 0 unspecified atom stereocenters. The van der Waals surface area contributed by atoms with Gasteiger partial charge in [0.2, 0.25) is 5.91 Å². The molecule has 0 aromatic heterocycles. The van der Waals surface area contributed by atoms with Crippen LogP contribution < -0.4 is 0 Å². The molecule has 0 spiro atoms. The maximum Gasteiger partial charge on any atom is 0.265 e. The fourth-order valence-corrected chi connectivity index (χ4v) is 1.46. The molecule has 0 radical (unpaired) electrons. The van der Waals surface area contributed by atoms with Crippen LogP contribution in [-0.4, -0.2) is 44.0 Å². The van der Waals surface area contributed by atoms with Crippen LogP contribution in [0, 0.1) is 5.92 Å². The summed E-state index contributed by atoms with van der Waals surface area (Å²) in [5.41, 5.74) is 0. The van der Waals surface area contributed by atoms with E-state index in [1.807, 2.05) is 0 Å². The fourth-order valence-electron chi connectivity index (χ4n) is 1.46. The van der Waals surface area contributed by atoms with E-state index in [0.717, 1.165) is 0 Å². The topological polar surface area (TPSA) is 29.5 Å². The molecule has 2 atom stereocenters. The number of ether oxygens (including phenoxy) is 1. The lowest BCUT2D eigenvalue weighted by molar-refractivity contribution is -0.138. The summed E-state index contributed by atoms with van der Waals surface area (Å²) >= 11 is 0. The molecule has 0 aromatic carbocycles. The van der Waals surface area contributed by atoms with Crippen LogP contribution in [0.4, 0.5) is 8.78 Å². The van der Waals surface area contributed by atoms with Crippen molar-refractivity contribution in [2.75, 3.05) is 20.7 Å². The SMILES string of the molecule is CN(C)C(=O)[C@@H]1CCO[C@@H]1C(F)F. The lowest BCUT2D eigenvalue weighted by Crippen LogP contribution is -2.37. The highest BCUT2D eigenvalue weighted by Gasteiger charge is 2.40. The lowest BCUT2D eigenvalue weighted by Gasteiger charge is -2.20. The number of hydrogen-bond acceptors (Lipinski definition) is 2. The average molecular weight is 193 g/mol. The Morgan fingerprint density at radius 3 is 2.62 bits per heavy atom. The molecule has 5 heteroatoms. The van der Waals surface area contributed by atoms with Crippen LogP contribution in [0.1, 0.15) is 6.42 Å². The lowest BCUT2D eigenvalue weighted by atomic mass is 10.0. The van der Waals surface area contributed by atoms with E-state index in [9.17, 15) is 13.6 Å². The third kappa shape index (κ3) is 2.15. The van der Waals surface area contributed by atoms with Crippen molar-refractivity contribution in [2.24, 2.45) is 5.92 Å². The molecule has 76 valence electrons. The molecule has 1 fully saturated rings. The van der Waals surface area contributed by atoms with Gasteiger partial charge in [-0.1, -0.05) is 0 Å².